The molecule has 2 rings (SSSR count). The molecule has 0 atom stereocenters. The van der Waals surface area contributed by atoms with Crippen molar-refractivity contribution < 1.29 is 0 Å². The molecule has 88 valence electrons. The average molecular weight is 220 g/mol. The van der Waals surface area contributed by atoms with E-state index in [-0.39, 0.29) is 0 Å². The Morgan fingerprint density at radius 1 is 1.44 bits per heavy atom. The van der Waals surface area contributed by atoms with E-state index >= 15 is 0 Å². The Bertz CT molecular complexity index is 347. The molecule has 1 saturated carbocycles. The van der Waals surface area contributed by atoms with E-state index in [9.17, 15) is 0 Å². The fourth-order valence-corrected chi connectivity index (χ4v) is 1.61. The third kappa shape index (κ3) is 2.92. The second-order valence-corrected chi connectivity index (χ2v) is 4.75. The van der Waals surface area contributed by atoms with Crippen LogP contribution in [0.5, 0.6) is 0 Å². The van der Waals surface area contributed by atoms with Crippen LogP contribution in [-0.4, -0.2) is 29.1 Å². The van der Waals surface area contributed by atoms with Gasteiger partial charge in [-0.15, -0.1) is 0 Å². The second-order valence-electron chi connectivity index (χ2n) is 4.75. The Balaban J connectivity index is 2.00. The summed E-state index contributed by atoms with van der Waals surface area (Å²) in [6.07, 6.45) is 6.25. The summed E-state index contributed by atoms with van der Waals surface area (Å²) in [5.74, 6) is 0.991. The molecule has 1 heterocycles. The van der Waals surface area contributed by atoms with Crippen LogP contribution in [0.2, 0.25) is 0 Å². The molecule has 0 bridgehead atoms. The van der Waals surface area contributed by atoms with E-state index in [1.807, 2.05) is 12.4 Å². The third-order valence-corrected chi connectivity index (χ3v) is 2.82. The Hall–Kier alpha value is -1.16. The summed E-state index contributed by atoms with van der Waals surface area (Å²) in [6, 6.07) is 1.16. The first-order chi connectivity index (χ1) is 7.66. The van der Waals surface area contributed by atoms with E-state index < -0.39 is 0 Å². The van der Waals surface area contributed by atoms with Gasteiger partial charge in [-0.2, -0.15) is 0 Å². The van der Waals surface area contributed by atoms with E-state index in [4.69, 9.17) is 0 Å². The van der Waals surface area contributed by atoms with Gasteiger partial charge in [0.1, 0.15) is 5.82 Å². The number of nitrogens with zero attached hydrogens (tertiary/aromatic N) is 3. The highest BCUT2D eigenvalue weighted by atomic mass is 15.2. The minimum absolute atomic E-state index is 0.478. The van der Waals surface area contributed by atoms with Gasteiger partial charge in [-0.3, -0.25) is 4.98 Å². The maximum atomic E-state index is 4.61. The Morgan fingerprint density at radius 2 is 2.19 bits per heavy atom. The first-order valence-corrected chi connectivity index (χ1v) is 5.94. The smallest absolute Gasteiger partial charge is 0.147 e. The molecule has 0 saturated heterocycles. The van der Waals surface area contributed by atoms with Crippen molar-refractivity contribution in [3.8, 4) is 0 Å². The lowest BCUT2D eigenvalue weighted by Gasteiger charge is -2.17. The van der Waals surface area contributed by atoms with Gasteiger partial charge >= 0.3 is 0 Å². The molecule has 1 aliphatic carbocycles. The van der Waals surface area contributed by atoms with Crippen LogP contribution in [0.4, 0.5) is 5.82 Å². The van der Waals surface area contributed by atoms with Crippen molar-refractivity contribution in [1.29, 1.82) is 0 Å². The predicted molar refractivity (Wildman–Crippen MR) is 65.4 cm³/mol. The van der Waals surface area contributed by atoms with Crippen LogP contribution in [0, 0.1) is 0 Å². The number of rotatable bonds is 5. The van der Waals surface area contributed by atoms with Gasteiger partial charge in [-0.25, -0.2) is 4.98 Å². The molecule has 0 amide bonds. The normalized spacial score (nSPS) is 15.5. The van der Waals surface area contributed by atoms with Crippen LogP contribution in [-0.2, 0) is 6.54 Å². The monoisotopic (exact) mass is 220 g/mol. The highest BCUT2D eigenvalue weighted by molar-refractivity contribution is 5.38. The SMILES string of the molecule is CC(C)NCc1cncc(N(C)C2CC2)n1. The van der Waals surface area contributed by atoms with Crippen LogP contribution >= 0.6 is 0 Å². The molecular weight excluding hydrogens is 200 g/mol. The first-order valence-electron chi connectivity index (χ1n) is 5.94. The van der Waals surface area contributed by atoms with Crippen molar-refractivity contribution in [2.75, 3.05) is 11.9 Å². The van der Waals surface area contributed by atoms with Crippen molar-refractivity contribution in [3.63, 3.8) is 0 Å². The molecule has 1 aliphatic rings. The lowest BCUT2D eigenvalue weighted by Crippen LogP contribution is -2.24. The van der Waals surface area contributed by atoms with Crippen LogP contribution in [0.1, 0.15) is 32.4 Å². The Kier molecular flexibility index (Phi) is 3.39. The molecule has 0 unspecified atom stereocenters. The first kappa shape index (κ1) is 11.3. The zero-order chi connectivity index (χ0) is 11.5. The molecule has 4 nitrogen and oxygen atoms in total. The van der Waals surface area contributed by atoms with Gasteiger partial charge < -0.3 is 10.2 Å². The second kappa shape index (κ2) is 4.78. The summed E-state index contributed by atoms with van der Waals surface area (Å²) in [5, 5.41) is 3.35. The average Bonchev–Trinajstić information content (AvgIpc) is 3.09. The van der Waals surface area contributed by atoms with Gasteiger partial charge in [0.25, 0.3) is 0 Å². The van der Waals surface area contributed by atoms with Gasteiger partial charge in [0.2, 0.25) is 0 Å². The van der Waals surface area contributed by atoms with Crippen LogP contribution in [0.3, 0.4) is 0 Å². The minimum atomic E-state index is 0.478. The zero-order valence-electron chi connectivity index (χ0n) is 10.3. The molecular formula is C12H20N4. The lowest BCUT2D eigenvalue weighted by molar-refractivity contribution is 0.580. The minimum Gasteiger partial charge on any atom is -0.355 e. The third-order valence-electron chi connectivity index (χ3n) is 2.82. The summed E-state index contributed by atoms with van der Waals surface area (Å²) in [6.45, 7) is 5.05. The molecule has 0 aliphatic heterocycles. The number of aromatic nitrogens is 2. The predicted octanol–water partition coefficient (Wildman–Crippen LogP) is 1.57. The molecule has 1 aromatic heterocycles. The van der Waals surface area contributed by atoms with Crippen molar-refractivity contribution in [3.05, 3.63) is 18.1 Å². The maximum absolute atomic E-state index is 4.61. The van der Waals surface area contributed by atoms with Gasteiger partial charge in [0.15, 0.2) is 0 Å². The maximum Gasteiger partial charge on any atom is 0.147 e. The van der Waals surface area contributed by atoms with E-state index in [1.165, 1.54) is 12.8 Å². The summed E-state index contributed by atoms with van der Waals surface area (Å²) >= 11 is 0. The number of hydrogen-bond acceptors (Lipinski definition) is 4. The lowest BCUT2D eigenvalue weighted by atomic mass is 10.3. The molecule has 0 spiro atoms. The van der Waals surface area contributed by atoms with E-state index in [1.54, 1.807) is 0 Å². The summed E-state index contributed by atoms with van der Waals surface area (Å²) in [7, 11) is 2.10. The van der Waals surface area contributed by atoms with E-state index in [2.05, 4.69) is 41.1 Å². The Labute approximate surface area is 97.1 Å². The molecule has 1 aromatic rings. The van der Waals surface area contributed by atoms with Crippen molar-refractivity contribution in [1.82, 2.24) is 15.3 Å². The quantitative estimate of drug-likeness (QED) is 0.818. The van der Waals surface area contributed by atoms with Gasteiger partial charge in [0, 0.05) is 31.9 Å². The van der Waals surface area contributed by atoms with Gasteiger partial charge in [-0.05, 0) is 12.8 Å². The van der Waals surface area contributed by atoms with Crippen molar-refractivity contribution >= 4 is 5.82 Å². The van der Waals surface area contributed by atoms with Crippen molar-refractivity contribution in [2.45, 2.75) is 45.3 Å². The fraction of sp³-hybridized carbons (Fsp3) is 0.667. The van der Waals surface area contributed by atoms with Crippen LogP contribution < -0.4 is 10.2 Å². The number of nitrogens with one attached hydrogen (secondary N) is 1. The number of hydrogen-bond donors (Lipinski definition) is 1. The molecule has 0 aromatic carbocycles. The fourth-order valence-electron chi connectivity index (χ4n) is 1.61. The highest BCUT2D eigenvalue weighted by Gasteiger charge is 2.27. The topological polar surface area (TPSA) is 41.1 Å². The van der Waals surface area contributed by atoms with E-state index in [0.717, 1.165) is 18.1 Å². The molecule has 1 N–H and O–H groups in total. The zero-order valence-corrected chi connectivity index (χ0v) is 10.3. The molecule has 4 heteroatoms. The van der Waals surface area contributed by atoms with Crippen LogP contribution in [0.15, 0.2) is 12.4 Å². The summed E-state index contributed by atoms with van der Waals surface area (Å²) in [5.41, 5.74) is 1.01. The van der Waals surface area contributed by atoms with Gasteiger partial charge in [-0.1, -0.05) is 13.8 Å². The standard InChI is InChI=1S/C12H20N4/c1-9(2)14-7-10-6-13-8-12(15-10)16(3)11-4-5-11/h6,8-9,11,14H,4-5,7H2,1-3H3. The highest BCUT2D eigenvalue weighted by Crippen LogP contribution is 2.28. The molecule has 16 heavy (non-hydrogen) atoms. The molecule has 0 radical (unpaired) electrons. The summed E-state index contributed by atoms with van der Waals surface area (Å²) < 4.78 is 0. The van der Waals surface area contributed by atoms with Crippen LogP contribution in [0.25, 0.3) is 0 Å². The number of anilines is 1. The van der Waals surface area contributed by atoms with Crippen molar-refractivity contribution in [2.24, 2.45) is 0 Å². The summed E-state index contributed by atoms with van der Waals surface area (Å²) in [4.78, 5) is 11.1. The van der Waals surface area contributed by atoms with Gasteiger partial charge in [0.05, 0.1) is 11.9 Å². The molecule has 1 fully saturated rings. The Morgan fingerprint density at radius 3 is 2.81 bits per heavy atom. The largest absolute Gasteiger partial charge is 0.355 e. The van der Waals surface area contributed by atoms with E-state index in [0.29, 0.717) is 12.1 Å².